The van der Waals surface area contributed by atoms with Crippen LogP contribution in [0.25, 0.3) is 0 Å². The van der Waals surface area contributed by atoms with Crippen LogP contribution in [0.3, 0.4) is 0 Å². The Hall–Kier alpha value is -0.760. The molecular formula is C15H24N2. The third-order valence-corrected chi connectivity index (χ3v) is 5.44. The third kappa shape index (κ3) is 1.65. The summed E-state index contributed by atoms with van der Waals surface area (Å²) in [4.78, 5) is 3.13. The summed E-state index contributed by atoms with van der Waals surface area (Å²) >= 11 is 0. The normalized spacial score (nSPS) is 38.8. The molecule has 2 nitrogen and oxygen atoms in total. The summed E-state index contributed by atoms with van der Waals surface area (Å²) in [5.41, 5.74) is 2.36. The molecule has 0 radical (unpaired) electrons. The molecule has 1 heterocycles. The van der Waals surface area contributed by atoms with Crippen LogP contribution in [0.4, 0.5) is 0 Å². The Kier molecular flexibility index (Phi) is 2.41. The van der Waals surface area contributed by atoms with Crippen molar-refractivity contribution >= 4 is 0 Å². The van der Waals surface area contributed by atoms with E-state index in [1.807, 2.05) is 6.20 Å². The van der Waals surface area contributed by atoms with E-state index in [0.29, 0.717) is 16.9 Å². The van der Waals surface area contributed by atoms with Crippen molar-refractivity contribution in [2.75, 3.05) is 0 Å². The molecule has 94 valence electrons. The maximum atomic E-state index is 3.83. The van der Waals surface area contributed by atoms with Crippen LogP contribution in [0.15, 0.2) is 18.5 Å². The topological polar surface area (TPSA) is 27.8 Å². The van der Waals surface area contributed by atoms with E-state index in [2.05, 4.69) is 43.3 Å². The zero-order valence-electron chi connectivity index (χ0n) is 11.2. The molecule has 2 heteroatoms. The summed E-state index contributed by atoms with van der Waals surface area (Å²) in [7, 11) is 0. The Morgan fingerprint density at radius 1 is 1.41 bits per heavy atom. The van der Waals surface area contributed by atoms with E-state index in [0.717, 1.165) is 12.5 Å². The molecule has 3 unspecified atom stereocenters. The summed E-state index contributed by atoms with van der Waals surface area (Å²) in [6.07, 6.45) is 8.36. The van der Waals surface area contributed by atoms with Crippen LogP contribution in [-0.2, 0) is 6.54 Å². The third-order valence-electron chi connectivity index (χ3n) is 5.44. The van der Waals surface area contributed by atoms with E-state index < -0.39 is 0 Å². The molecule has 0 amide bonds. The molecule has 17 heavy (non-hydrogen) atoms. The van der Waals surface area contributed by atoms with Crippen LogP contribution in [-0.4, -0.2) is 11.0 Å². The monoisotopic (exact) mass is 232 g/mol. The van der Waals surface area contributed by atoms with E-state index in [1.165, 1.54) is 24.8 Å². The summed E-state index contributed by atoms with van der Waals surface area (Å²) in [5, 5.41) is 3.83. The number of rotatable bonds is 3. The predicted octanol–water partition coefficient (Wildman–Crippen LogP) is 3.32. The number of hydrogen-bond donors (Lipinski definition) is 2. The largest absolute Gasteiger partial charge is 0.367 e. The van der Waals surface area contributed by atoms with Crippen molar-refractivity contribution < 1.29 is 0 Å². The summed E-state index contributed by atoms with van der Waals surface area (Å²) in [6.45, 7) is 8.39. The lowest BCUT2D eigenvalue weighted by Gasteiger charge is -2.43. The molecule has 0 saturated heterocycles. The van der Waals surface area contributed by atoms with Crippen molar-refractivity contribution in [3.05, 3.63) is 24.0 Å². The van der Waals surface area contributed by atoms with Gasteiger partial charge in [0.1, 0.15) is 0 Å². The average molecular weight is 232 g/mol. The zero-order valence-corrected chi connectivity index (χ0v) is 11.2. The minimum absolute atomic E-state index is 0.462. The molecule has 2 fully saturated rings. The van der Waals surface area contributed by atoms with Crippen molar-refractivity contribution in [3.63, 3.8) is 0 Å². The molecule has 0 aliphatic heterocycles. The number of nitrogens with one attached hydrogen (secondary N) is 2. The van der Waals surface area contributed by atoms with Gasteiger partial charge >= 0.3 is 0 Å². The molecular weight excluding hydrogens is 208 g/mol. The van der Waals surface area contributed by atoms with Crippen LogP contribution < -0.4 is 5.32 Å². The van der Waals surface area contributed by atoms with Gasteiger partial charge in [-0.25, -0.2) is 0 Å². The highest BCUT2D eigenvalue weighted by atomic mass is 15.0. The second-order valence-electron chi connectivity index (χ2n) is 6.95. The number of aromatic amines is 1. The molecule has 2 saturated carbocycles. The van der Waals surface area contributed by atoms with Gasteiger partial charge in [-0.2, -0.15) is 0 Å². The summed E-state index contributed by atoms with van der Waals surface area (Å²) < 4.78 is 0. The highest BCUT2D eigenvalue weighted by Gasteiger charge is 2.58. The van der Waals surface area contributed by atoms with E-state index in [1.54, 1.807) is 0 Å². The van der Waals surface area contributed by atoms with E-state index in [-0.39, 0.29) is 0 Å². The fraction of sp³-hybridized carbons (Fsp3) is 0.733. The first-order chi connectivity index (χ1) is 8.02. The Balaban J connectivity index is 1.74. The minimum atomic E-state index is 0.462. The molecule has 2 bridgehead atoms. The van der Waals surface area contributed by atoms with Crippen LogP contribution in [0.2, 0.25) is 0 Å². The van der Waals surface area contributed by atoms with Gasteiger partial charge in [0, 0.05) is 25.0 Å². The fourth-order valence-corrected chi connectivity index (χ4v) is 4.50. The number of H-pyrrole nitrogens is 1. The van der Waals surface area contributed by atoms with Gasteiger partial charge in [-0.15, -0.1) is 0 Å². The molecule has 0 aromatic carbocycles. The van der Waals surface area contributed by atoms with Crippen molar-refractivity contribution in [2.45, 2.75) is 52.6 Å². The Bertz CT molecular complexity index is 388. The Labute approximate surface area is 104 Å². The van der Waals surface area contributed by atoms with Gasteiger partial charge in [-0.05, 0) is 47.6 Å². The van der Waals surface area contributed by atoms with E-state index in [4.69, 9.17) is 0 Å². The van der Waals surface area contributed by atoms with Crippen LogP contribution in [0.5, 0.6) is 0 Å². The summed E-state index contributed by atoms with van der Waals surface area (Å²) in [6, 6.07) is 2.83. The number of fused-ring (bicyclic) bond motifs is 2. The average Bonchev–Trinajstić information content (AvgIpc) is 2.90. The lowest BCUT2D eigenvalue weighted by molar-refractivity contribution is 0.108. The number of aromatic nitrogens is 1. The van der Waals surface area contributed by atoms with E-state index in [9.17, 15) is 0 Å². The van der Waals surface area contributed by atoms with Crippen LogP contribution in [0.1, 0.15) is 45.6 Å². The van der Waals surface area contributed by atoms with Crippen molar-refractivity contribution in [1.82, 2.24) is 10.3 Å². The first kappa shape index (κ1) is 11.3. The standard InChI is InChI=1S/C15H24N2/c1-14(2)12-4-6-15(3,8-12)13(14)17-10-11-5-7-16-9-11/h5,7,9,12-13,16-17H,4,6,8,10H2,1-3H3. The lowest BCUT2D eigenvalue weighted by Crippen LogP contribution is -2.49. The van der Waals surface area contributed by atoms with Gasteiger partial charge in [0.15, 0.2) is 0 Å². The molecule has 3 rings (SSSR count). The van der Waals surface area contributed by atoms with Gasteiger partial charge in [0.2, 0.25) is 0 Å². The molecule has 0 spiro atoms. The van der Waals surface area contributed by atoms with Gasteiger partial charge in [-0.3, -0.25) is 0 Å². The highest BCUT2D eigenvalue weighted by molar-refractivity contribution is 5.14. The van der Waals surface area contributed by atoms with Gasteiger partial charge in [0.25, 0.3) is 0 Å². The molecule has 1 aromatic heterocycles. The maximum absolute atomic E-state index is 3.83. The molecule has 1 aromatic rings. The minimum Gasteiger partial charge on any atom is -0.367 e. The SMILES string of the molecule is CC12CCC(C1)C(C)(C)C2NCc1cc[nH]c1. The quantitative estimate of drug-likeness (QED) is 0.822. The maximum Gasteiger partial charge on any atom is 0.0223 e. The predicted molar refractivity (Wildman–Crippen MR) is 70.6 cm³/mol. The molecule has 2 aliphatic carbocycles. The lowest BCUT2D eigenvalue weighted by atomic mass is 9.68. The van der Waals surface area contributed by atoms with Crippen molar-refractivity contribution in [1.29, 1.82) is 0 Å². The second kappa shape index (κ2) is 3.61. The highest BCUT2D eigenvalue weighted by Crippen LogP contribution is 2.62. The summed E-state index contributed by atoms with van der Waals surface area (Å²) in [5.74, 6) is 0.927. The van der Waals surface area contributed by atoms with Crippen molar-refractivity contribution in [2.24, 2.45) is 16.7 Å². The van der Waals surface area contributed by atoms with Crippen LogP contribution in [0, 0.1) is 16.7 Å². The first-order valence-corrected chi connectivity index (χ1v) is 6.87. The molecule has 2 N–H and O–H groups in total. The Morgan fingerprint density at radius 3 is 2.82 bits per heavy atom. The van der Waals surface area contributed by atoms with Gasteiger partial charge in [-0.1, -0.05) is 20.8 Å². The van der Waals surface area contributed by atoms with Crippen molar-refractivity contribution in [3.8, 4) is 0 Å². The Morgan fingerprint density at radius 2 is 2.24 bits per heavy atom. The van der Waals surface area contributed by atoms with E-state index >= 15 is 0 Å². The first-order valence-electron chi connectivity index (χ1n) is 6.87. The smallest absolute Gasteiger partial charge is 0.0223 e. The zero-order chi connectivity index (χ0) is 12.1. The molecule has 2 aliphatic rings. The van der Waals surface area contributed by atoms with Gasteiger partial charge < -0.3 is 10.3 Å². The second-order valence-corrected chi connectivity index (χ2v) is 6.95. The number of hydrogen-bond acceptors (Lipinski definition) is 1. The van der Waals surface area contributed by atoms with Gasteiger partial charge in [0.05, 0.1) is 0 Å². The van der Waals surface area contributed by atoms with Crippen LogP contribution >= 0.6 is 0 Å². The molecule has 3 atom stereocenters. The fourth-order valence-electron chi connectivity index (χ4n) is 4.50.